The molecule has 0 saturated carbocycles. The Kier molecular flexibility index (Phi) is 3.72. The van der Waals surface area contributed by atoms with Crippen LogP contribution in [0.4, 0.5) is 0 Å². The Labute approximate surface area is 160 Å². The van der Waals surface area contributed by atoms with Gasteiger partial charge in [-0.3, -0.25) is 9.48 Å². The predicted molar refractivity (Wildman–Crippen MR) is 105 cm³/mol. The third-order valence-electron chi connectivity index (χ3n) is 6.73. The Hall–Kier alpha value is -2.67. The first kappa shape index (κ1) is 17.7. The van der Waals surface area contributed by atoms with Crippen molar-refractivity contribution in [1.29, 1.82) is 5.26 Å². The molecule has 0 radical (unpaired) electrons. The first-order valence-electron chi connectivity index (χ1n) is 9.52. The van der Waals surface area contributed by atoms with Gasteiger partial charge in [-0.1, -0.05) is 51.1 Å². The van der Waals surface area contributed by atoms with E-state index in [4.69, 9.17) is 5.10 Å². The molecule has 0 aliphatic heterocycles. The van der Waals surface area contributed by atoms with Crippen LogP contribution in [0.15, 0.2) is 35.9 Å². The number of hydrogen-bond acceptors (Lipinski definition) is 3. The first-order chi connectivity index (χ1) is 12.7. The number of allylic oxidation sites excluding steroid dienone is 2. The first-order valence-corrected chi connectivity index (χ1v) is 9.52. The van der Waals surface area contributed by atoms with Crippen molar-refractivity contribution in [3.63, 3.8) is 0 Å². The third kappa shape index (κ3) is 2.27. The van der Waals surface area contributed by atoms with Gasteiger partial charge in [0.15, 0.2) is 5.78 Å². The molecule has 0 spiro atoms. The minimum absolute atomic E-state index is 0.0361. The summed E-state index contributed by atoms with van der Waals surface area (Å²) in [5, 5.41) is 14.5. The minimum atomic E-state index is -0.563. The van der Waals surface area contributed by atoms with Crippen LogP contribution in [0.1, 0.15) is 44.0 Å². The van der Waals surface area contributed by atoms with E-state index in [1.165, 1.54) is 16.7 Å². The highest BCUT2D eigenvalue weighted by Crippen LogP contribution is 2.55. The van der Waals surface area contributed by atoms with Gasteiger partial charge in [-0.05, 0) is 31.2 Å². The Bertz CT molecular complexity index is 1030. The number of fused-ring (bicyclic) bond motifs is 3. The summed E-state index contributed by atoms with van der Waals surface area (Å²) in [6.45, 7) is 8.24. The number of hydrogen-bond donors (Lipinski definition) is 0. The number of Topliss-reactive ketones (excluding diaryl/α,β-unsaturated/α-hetero) is 1. The molecule has 2 aliphatic rings. The maximum absolute atomic E-state index is 12.8. The molecule has 0 saturated heterocycles. The van der Waals surface area contributed by atoms with Crippen molar-refractivity contribution in [1.82, 2.24) is 9.78 Å². The van der Waals surface area contributed by atoms with Gasteiger partial charge in [-0.2, -0.15) is 10.4 Å². The summed E-state index contributed by atoms with van der Waals surface area (Å²) in [5.74, 6) is 0.104. The van der Waals surface area contributed by atoms with Crippen LogP contribution in [0.5, 0.6) is 0 Å². The molecule has 4 rings (SSSR count). The minimum Gasteiger partial charge on any atom is -0.293 e. The van der Waals surface area contributed by atoms with Gasteiger partial charge in [0, 0.05) is 29.0 Å². The van der Waals surface area contributed by atoms with Crippen molar-refractivity contribution in [2.45, 2.75) is 46.0 Å². The maximum Gasteiger partial charge on any atom is 0.178 e. The highest BCUT2D eigenvalue weighted by molar-refractivity contribution is 6.04. The second-order valence-corrected chi connectivity index (χ2v) is 8.71. The van der Waals surface area contributed by atoms with E-state index in [1.807, 2.05) is 31.7 Å². The number of rotatable bonds is 1. The van der Waals surface area contributed by atoms with Crippen LogP contribution in [-0.2, 0) is 23.7 Å². The van der Waals surface area contributed by atoms with Gasteiger partial charge >= 0.3 is 0 Å². The fourth-order valence-corrected chi connectivity index (χ4v) is 5.40. The van der Waals surface area contributed by atoms with Gasteiger partial charge in [0.2, 0.25) is 0 Å². The molecule has 2 aromatic rings. The van der Waals surface area contributed by atoms with Gasteiger partial charge in [0.1, 0.15) is 6.07 Å². The van der Waals surface area contributed by atoms with Gasteiger partial charge in [-0.25, -0.2) is 0 Å². The second kappa shape index (κ2) is 5.66. The molecule has 2 aliphatic carbocycles. The standard InChI is InChI=1S/C23H25N3O/c1-14-8-6-7-9-16(14)19-17-10-11-18-22(2,3)21(27)15(13-24)12-23(18,4)20(17)25-26(19)5/h6-9,12,18H,10-11H2,1-5H3/t18-,23-/m0/s1. The highest BCUT2D eigenvalue weighted by atomic mass is 16.1. The third-order valence-corrected chi connectivity index (χ3v) is 6.73. The van der Waals surface area contributed by atoms with Crippen molar-refractivity contribution in [2.75, 3.05) is 0 Å². The monoisotopic (exact) mass is 359 g/mol. The fourth-order valence-electron chi connectivity index (χ4n) is 5.40. The zero-order chi connectivity index (χ0) is 19.6. The largest absolute Gasteiger partial charge is 0.293 e. The maximum atomic E-state index is 12.8. The van der Waals surface area contributed by atoms with E-state index in [0.717, 1.165) is 24.2 Å². The van der Waals surface area contributed by atoms with Gasteiger partial charge < -0.3 is 0 Å². The summed E-state index contributed by atoms with van der Waals surface area (Å²) in [6.07, 6.45) is 3.71. The van der Waals surface area contributed by atoms with E-state index in [1.54, 1.807) is 0 Å². The van der Waals surface area contributed by atoms with Crippen LogP contribution in [0.3, 0.4) is 0 Å². The molecule has 1 heterocycles. The molecule has 2 atom stereocenters. The van der Waals surface area contributed by atoms with Crippen LogP contribution in [0.2, 0.25) is 0 Å². The lowest BCUT2D eigenvalue weighted by molar-refractivity contribution is -0.128. The van der Waals surface area contributed by atoms with Crippen LogP contribution in [-0.4, -0.2) is 15.6 Å². The molecule has 1 aromatic heterocycles. The normalized spacial score (nSPS) is 26.0. The molecule has 0 fully saturated rings. The number of aromatic nitrogens is 2. The quantitative estimate of drug-likeness (QED) is 0.764. The second-order valence-electron chi connectivity index (χ2n) is 8.71. The van der Waals surface area contributed by atoms with E-state index >= 15 is 0 Å². The van der Waals surface area contributed by atoms with Crippen LogP contribution in [0.25, 0.3) is 11.3 Å². The number of ketones is 1. The summed E-state index contributed by atoms with van der Waals surface area (Å²) < 4.78 is 1.98. The van der Waals surface area contributed by atoms with Crippen LogP contribution >= 0.6 is 0 Å². The number of carbonyl (C=O) groups is 1. The average molecular weight is 359 g/mol. The predicted octanol–water partition coefficient (Wildman–Crippen LogP) is 4.27. The topological polar surface area (TPSA) is 58.7 Å². The number of carbonyl (C=O) groups excluding carboxylic acids is 1. The van der Waals surface area contributed by atoms with Gasteiger partial charge in [0.05, 0.1) is 17.0 Å². The van der Waals surface area contributed by atoms with Crippen molar-refractivity contribution >= 4 is 5.78 Å². The fraction of sp³-hybridized carbons (Fsp3) is 0.435. The molecular formula is C23H25N3O. The van der Waals surface area contributed by atoms with E-state index in [2.05, 4.69) is 44.2 Å². The molecular weight excluding hydrogens is 334 g/mol. The summed E-state index contributed by atoms with van der Waals surface area (Å²) in [4.78, 5) is 12.8. The molecule has 1 aromatic carbocycles. The average Bonchev–Trinajstić information content (AvgIpc) is 2.96. The lowest BCUT2D eigenvalue weighted by atomic mass is 9.52. The summed E-state index contributed by atoms with van der Waals surface area (Å²) in [6, 6.07) is 10.5. The Morgan fingerprint density at radius 2 is 1.96 bits per heavy atom. The highest BCUT2D eigenvalue weighted by Gasteiger charge is 2.55. The lowest BCUT2D eigenvalue weighted by Gasteiger charge is -2.49. The summed E-state index contributed by atoms with van der Waals surface area (Å²) in [7, 11) is 1.99. The smallest absolute Gasteiger partial charge is 0.178 e. The van der Waals surface area contributed by atoms with Crippen molar-refractivity contribution in [3.8, 4) is 17.3 Å². The Morgan fingerprint density at radius 1 is 1.26 bits per heavy atom. The van der Waals surface area contributed by atoms with Gasteiger partial charge in [-0.15, -0.1) is 0 Å². The van der Waals surface area contributed by atoms with E-state index in [0.29, 0.717) is 0 Å². The van der Waals surface area contributed by atoms with E-state index in [9.17, 15) is 10.1 Å². The van der Waals surface area contributed by atoms with E-state index in [-0.39, 0.29) is 17.3 Å². The Morgan fingerprint density at radius 3 is 2.63 bits per heavy atom. The van der Waals surface area contributed by atoms with Crippen molar-refractivity contribution in [2.24, 2.45) is 18.4 Å². The molecule has 138 valence electrons. The molecule has 0 bridgehead atoms. The van der Waals surface area contributed by atoms with Crippen molar-refractivity contribution in [3.05, 3.63) is 52.7 Å². The molecule has 0 amide bonds. The van der Waals surface area contributed by atoms with Crippen LogP contribution in [0, 0.1) is 29.6 Å². The zero-order valence-electron chi connectivity index (χ0n) is 16.6. The van der Waals surface area contributed by atoms with E-state index < -0.39 is 10.8 Å². The molecule has 0 unspecified atom stereocenters. The molecule has 27 heavy (non-hydrogen) atoms. The SMILES string of the molecule is Cc1ccccc1-c1c2c(nn1C)[C@@]1(C)C=C(C#N)C(=O)C(C)(C)[C@@H]1CC2. The van der Waals surface area contributed by atoms with Crippen molar-refractivity contribution < 1.29 is 4.79 Å². The Balaban J connectivity index is 1.98. The number of aryl methyl sites for hydroxylation is 2. The number of benzene rings is 1. The molecule has 4 heteroatoms. The molecule has 0 N–H and O–H groups in total. The summed E-state index contributed by atoms with van der Waals surface area (Å²) in [5.41, 5.74) is 5.16. The number of nitriles is 1. The number of nitrogens with zero attached hydrogens (tertiary/aromatic N) is 3. The van der Waals surface area contributed by atoms with Gasteiger partial charge in [0.25, 0.3) is 0 Å². The van der Waals surface area contributed by atoms with Crippen LogP contribution < -0.4 is 0 Å². The zero-order valence-corrected chi connectivity index (χ0v) is 16.6. The summed E-state index contributed by atoms with van der Waals surface area (Å²) >= 11 is 0. The lowest BCUT2D eigenvalue weighted by Crippen LogP contribution is -2.51. The molecule has 4 nitrogen and oxygen atoms in total.